The predicted octanol–water partition coefficient (Wildman–Crippen LogP) is 0.952. The van der Waals surface area contributed by atoms with E-state index in [4.69, 9.17) is 10.5 Å². The Kier molecular flexibility index (Phi) is 2.95. The van der Waals surface area contributed by atoms with E-state index in [2.05, 4.69) is 15.1 Å². The van der Waals surface area contributed by atoms with Gasteiger partial charge in [0.2, 0.25) is 5.88 Å². The molecule has 6 nitrogen and oxygen atoms in total. The number of methoxy groups -OCH3 is 1. The lowest BCUT2D eigenvalue weighted by Gasteiger charge is -2.05. The van der Waals surface area contributed by atoms with E-state index < -0.39 is 0 Å². The second-order valence-electron chi connectivity index (χ2n) is 3.05. The number of hydrogen-bond acceptors (Lipinski definition) is 6. The summed E-state index contributed by atoms with van der Waals surface area (Å²) in [5, 5.41) is 4.73. The van der Waals surface area contributed by atoms with Gasteiger partial charge >= 0.3 is 0 Å². The lowest BCUT2D eigenvalue weighted by molar-refractivity contribution is 0.397. The van der Waals surface area contributed by atoms with Crippen LogP contribution in [0.2, 0.25) is 0 Å². The summed E-state index contributed by atoms with van der Waals surface area (Å²) in [6.45, 7) is 0. The molecule has 0 fully saturated rings. The van der Waals surface area contributed by atoms with Gasteiger partial charge in [0.05, 0.1) is 18.2 Å². The van der Waals surface area contributed by atoms with Crippen LogP contribution in [0.3, 0.4) is 0 Å². The molecule has 0 atom stereocenters. The Morgan fingerprint density at radius 3 is 2.88 bits per heavy atom. The van der Waals surface area contributed by atoms with Crippen molar-refractivity contribution in [3.05, 3.63) is 18.7 Å². The Balaban J connectivity index is 2.28. The first-order valence-electron chi connectivity index (χ1n) is 4.51. The van der Waals surface area contributed by atoms with E-state index in [1.807, 2.05) is 13.2 Å². The van der Waals surface area contributed by atoms with E-state index in [0.717, 1.165) is 4.90 Å². The number of hydrogen-bond donors (Lipinski definition) is 1. The molecule has 0 saturated carbocycles. The minimum atomic E-state index is 0.390. The number of aromatic nitrogens is 4. The minimum Gasteiger partial charge on any atom is -0.479 e. The number of nitrogen functional groups attached to an aromatic ring is 1. The summed E-state index contributed by atoms with van der Waals surface area (Å²) in [7, 11) is 3.38. The van der Waals surface area contributed by atoms with Gasteiger partial charge in [-0.1, -0.05) is 11.8 Å². The maximum atomic E-state index is 5.85. The molecule has 0 saturated heterocycles. The second-order valence-corrected chi connectivity index (χ2v) is 4.12. The van der Waals surface area contributed by atoms with Crippen LogP contribution in [0.1, 0.15) is 0 Å². The molecular weight excluding hydrogens is 226 g/mol. The van der Waals surface area contributed by atoms with Crippen molar-refractivity contribution in [1.29, 1.82) is 0 Å². The summed E-state index contributed by atoms with van der Waals surface area (Å²) in [6, 6.07) is 0. The molecule has 2 aromatic heterocycles. The third-order valence-corrected chi connectivity index (χ3v) is 2.87. The molecule has 0 aliphatic carbocycles. The quantitative estimate of drug-likeness (QED) is 0.801. The van der Waals surface area contributed by atoms with Gasteiger partial charge in [-0.3, -0.25) is 4.68 Å². The summed E-state index contributed by atoms with van der Waals surface area (Å²) in [5.41, 5.74) is 6.29. The number of ether oxygens (including phenoxy) is 1. The van der Waals surface area contributed by atoms with Crippen LogP contribution in [0.15, 0.2) is 28.6 Å². The SMILES string of the molecule is COc1ncnc(Sc2cnn(C)c2)c1N. The van der Waals surface area contributed by atoms with Gasteiger partial charge in [0.25, 0.3) is 0 Å². The summed E-state index contributed by atoms with van der Waals surface area (Å²) in [4.78, 5) is 8.98. The van der Waals surface area contributed by atoms with Crippen molar-refractivity contribution in [2.45, 2.75) is 9.92 Å². The number of aryl methyl sites for hydroxylation is 1. The molecule has 2 rings (SSSR count). The minimum absolute atomic E-state index is 0.390. The predicted molar refractivity (Wildman–Crippen MR) is 60.3 cm³/mol. The highest BCUT2D eigenvalue weighted by Crippen LogP contribution is 2.33. The molecule has 2 heterocycles. The number of nitrogens with zero attached hydrogens (tertiary/aromatic N) is 4. The van der Waals surface area contributed by atoms with Gasteiger partial charge in [-0.15, -0.1) is 0 Å². The van der Waals surface area contributed by atoms with Gasteiger partial charge in [-0.05, 0) is 0 Å². The molecule has 0 aliphatic rings. The van der Waals surface area contributed by atoms with E-state index in [9.17, 15) is 0 Å². The van der Waals surface area contributed by atoms with Crippen LogP contribution in [0, 0.1) is 0 Å². The van der Waals surface area contributed by atoms with Crippen molar-refractivity contribution in [2.75, 3.05) is 12.8 Å². The molecule has 16 heavy (non-hydrogen) atoms. The molecule has 0 aromatic carbocycles. The fourth-order valence-electron chi connectivity index (χ4n) is 1.17. The van der Waals surface area contributed by atoms with Gasteiger partial charge < -0.3 is 10.5 Å². The first-order chi connectivity index (χ1) is 7.70. The van der Waals surface area contributed by atoms with E-state index in [1.54, 1.807) is 10.9 Å². The Bertz CT molecular complexity index is 498. The lowest BCUT2D eigenvalue weighted by atomic mass is 10.5. The molecule has 0 radical (unpaired) electrons. The van der Waals surface area contributed by atoms with Crippen LogP contribution in [0.5, 0.6) is 5.88 Å². The normalized spacial score (nSPS) is 10.4. The van der Waals surface area contributed by atoms with Crippen molar-refractivity contribution in [1.82, 2.24) is 19.7 Å². The highest BCUT2D eigenvalue weighted by Gasteiger charge is 2.10. The van der Waals surface area contributed by atoms with Crippen molar-refractivity contribution >= 4 is 17.4 Å². The van der Waals surface area contributed by atoms with Crippen LogP contribution in [0.4, 0.5) is 5.69 Å². The van der Waals surface area contributed by atoms with Gasteiger partial charge in [0.15, 0.2) is 0 Å². The van der Waals surface area contributed by atoms with Crippen molar-refractivity contribution in [2.24, 2.45) is 7.05 Å². The number of nitrogens with two attached hydrogens (primary N) is 1. The van der Waals surface area contributed by atoms with Crippen LogP contribution < -0.4 is 10.5 Å². The zero-order valence-electron chi connectivity index (χ0n) is 8.91. The standard InChI is InChI=1S/C9H11N5OS/c1-14-4-6(3-13-14)16-9-7(10)8(15-2)11-5-12-9/h3-5H,10H2,1-2H3. The Labute approximate surface area is 96.8 Å². The Hall–Kier alpha value is -1.76. The zero-order valence-corrected chi connectivity index (χ0v) is 9.73. The second kappa shape index (κ2) is 4.40. The highest BCUT2D eigenvalue weighted by atomic mass is 32.2. The molecule has 0 unspecified atom stereocenters. The van der Waals surface area contributed by atoms with Gasteiger partial charge in [0, 0.05) is 13.2 Å². The summed E-state index contributed by atoms with van der Waals surface area (Å²) < 4.78 is 6.74. The topological polar surface area (TPSA) is 78.9 Å². The van der Waals surface area contributed by atoms with Crippen molar-refractivity contribution < 1.29 is 4.74 Å². The fourth-order valence-corrected chi connectivity index (χ4v) is 2.00. The molecule has 0 bridgehead atoms. The van der Waals surface area contributed by atoms with Gasteiger partial charge in [-0.2, -0.15) is 10.1 Å². The van der Waals surface area contributed by atoms with E-state index in [-0.39, 0.29) is 0 Å². The first kappa shape index (κ1) is 10.7. The summed E-state index contributed by atoms with van der Waals surface area (Å²) in [5.74, 6) is 0.390. The molecular formula is C9H11N5OS. The molecule has 84 valence electrons. The molecule has 2 aromatic rings. The molecule has 0 spiro atoms. The average molecular weight is 237 g/mol. The van der Waals surface area contributed by atoms with Crippen molar-refractivity contribution in [3.8, 4) is 5.88 Å². The lowest BCUT2D eigenvalue weighted by Crippen LogP contribution is -1.98. The van der Waals surface area contributed by atoms with E-state index in [1.165, 1.54) is 25.2 Å². The Morgan fingerprint density at radius 2 is 2.25 bits per heavy atom. The Morgan fingerprint density at radius 1 is 1.44 bits per heavy atom. The molecule has 0 amide bonds. The third kappa shape index (κ3) is 2.08. The van der Waals surface area contributed by atoms with Crippen LogP contribution >= 0.6 is 11.8 Å². The fraction of sp³-hybridized carbons (Fsp3) is 0.222. The maximum absolute atomic E-state index is 5.85. The van der Waals surface area contributed by atoms with Crippen LogP contribution in [-0.4, -0.2) is 26.9 Å². The van der Waals surface area contributed by atoms with Gasteiger partial charge in [-0.25, -0.2) is 4.98 Å². The number of rotatable bonds is 3. The summed E-state index contributed by atoms with van der Waals surface area (Å²) >= 11 is 1.43. The molecule has 0 aliphatic heterocycles. The average Bonchev–Trinajstić information content (AvgIpc) is 2.67. The molecule has 2 N–H and O–H groups in total. The van der Waals surface area contributed by atoms with Crippen molar-refractivity contribution in [3.63, 3.8) is 0 Å². The number of anilines is 1. The summed E-state index contributed by atoms with van der Waals surface area (Å²) in [6.07, 6.45) is 5.06. The third-order valence-electron chi connectivity index (χ3n) is 1.90. The highest BCUT2D eigenvalue weighted by molar-refractivity contribution is 7.99. The van der Waals surface area contributed by atoms with Crippen LogP contribution in [-0.2, 0) is 7.05 Å². The van der Waals surface area contributed by atoms with E-state index >= 15 is 0 Å². The monoisotopic (exact) mass is 237 g/mol. The molecule has 7 heteroatoms. The van der Waals surface area contributed by atoms with Crippen LogP contribution in [0.25, 0.3) is 0 Å². The van der Waals surface area contributed by atoms with E-state index in [0.29, 0.717) is 16.6 Å². The van der Waals surface area contributed by atoms with Gasteiger partial charge in [0.1, 0.15) is 17.0 Å². The smallest absolute Gasteiger partial charge is 0.241 e. The maximum Gasteiger partial charge on any atom is 0.241 e. The first-order valence-corrected chi connectivity index (χ1v) is 5.33. The zero-order chi connectivity index (χ0) is 11.5. The largest absolute Gasteiger partial charge is 0.479 e.